The van der Waals surface area contributed by atoms with Gasteiger partial charge in [-0.1, -0.05) is 15.9 Å². The molecule has 0 saturated carbocycles. The Bertz CT molecular complexity index is 378. The Morgan fingerprint density at radius 2 is 2.29 bits per heavy atom. The minimum absolute atomic E-state index is 0.0550. The molecule has 0 atom stereocenters. The molecule has 0 aliphatic rings. The third kappa shape index (κ3) is 1.95. The van der Waals surface area contributed by atoms with E-state index in [4.69, 9.17) is 4.74 Å². The summed E-state index contributed by atoms with van der Waals surface area (Å²) in [5, 5.41) is 0.173. The first kappa shape index (κ1) is 11.2. The molecule has 0 aromatic carbocycles. The van der Waals surface area contributed by atoms with Gasteiger partial charge in [-0.25, -0.2) is 8.78 Å². The van der Waals surface area contributed by atoms with Crippen molar-refractivity contribution in [3.8, 4) is 5.75 Å². The van der Waals surface area contributed by atoms with E-state index in [0.29, 0.717) is 0 Å². The zero-order valence-electron chi connectivity index (χ0n) is 7.31. The zero-order chi connectivity index (χ0) is 10.7. The first-order valence-electron chi connectivity index (χ1n) is 3.74. The molecule has 1 rings (SSSR count). The number of hydrogen-bond donors (Lipinski definition) is 1. The van der Waals surface area contributed by atoms with Crippen LogP contribution in [0.25, 0.3) is 0 Å². The summed E-state index contributed by atoms with van der Waals surface area (Å²) in [5.74, 6) is -0.0550. The largest absolute Gasteiger partial charge is 0.496 e. The lowest BCUT2D eigenvalue weighted by Crippen LogP contribution is -2.14. The molecule has 0 radical (unpaired) electrons. The SMILES string of the molecule is COc1c(C(F)F)c[nH]c(=O)c1CBr. The fraction of sp³-hybridized carbons (Fsp3) is 0.375. The number of nitrogens with one attached hydrogen (secondary N) is 1. The number of hydrogen-bond acceptors (Lipinski definition) is 2. The lowest BCUT2D eigenvalue weighted by Gasteiger charge is -2.10. The molecule has 1 heterocycles. The number of rotatable bonds is 3. The summed E-state index contributed by atoms with van der Waals surface area (Å²) in [4.78, 5) is 13.4. The van der Waals surface area contributed by atoms with Crippen molar-refractivity contribution in [2.75, 3.05) is 7.11 Å². The maximum atomic E-state index is 12.4. The maximum absolute atomic E-state index is 12.4. The molecular weight excluding hydrogens is 260 g/mol. The Labute approximate surface area is 87.2 Å². The molecule has 0 aliphatic carbocycles. The van der Waals surface area contributed by atoms with Gasteiger partial charge in [-0.15, -0.1) is 0 Å². The van der Waals surface area contributed by atoms with E-state index in [0.717, 1.165) is 6.20 Å². The molecule has 0 spiro atoms. The van der Waals surface area contributed by atoms with Gasteiger partial charge < -0.3 is 9.72 Å². The van der Waals surface area contributed by atoms with E-state index in [1.54, 1.807) is 0 Å². The fourth-order valence-corrected chi connectivity index (χ4v) is 1.61. The molecular formula is C8H8BrF2NO2. The van der Waals surface area contributed by atoms with Crippen LogP contribution in [0.2, 0.25) is 0 Å². The smallest absolute Gasteiger partial charge is 0.268 e. The lowest BCUT2D eigenvalue weighted by molar-refractivity contribution is 0.146. The summed E-state index contributed by atoms with van der Waals surface area (Å²) >= 11 is 3.04. The van der Waals surface area contributed by atoms with Gasteiger partial charge in [0.2, 0.25) is 0 Å². The molecule has 3 nitrogen and oxygen atoms in total. The standard InChI is InChI=1S/C8H8BrF2NO2/c1-14-6-4(2-9)8(13)12-3-5(6)7(10)11/h3,7H,2H2,1H3,(H,12,13). The summed E-state index contributed by atoms with van der Waals surface area (Å²) in [6.07, 6.45) is -1.70. The van der Waals surface area contributed by atoms with Crippen LogP contribution in [0.5, 0.6) is 5.75 Å². The molecule has 14 heavy (non-hydrogen) atoms. The molecule has 1 aromatic heterocycles. The number of aromatic nitrogens is 1. The molecule has 0 fully saturated rings. The molecule has 0 aliphatic heterocycles. The number of ether oxygens (including phenoxy) is 1. The topological polar surface area (TPSA) is 42.1 Å². The number of pyridine rings is 1. The highest BCUT2D eigenvalue weighted by atomic mass is 79.9. The van der Waals surface area contributed by atoms with Crippen LogP contribution in [0.1, 0.15) is 17.6 Å². The summed E-state index contributed by atoms with van der Waals surface area (Å²) in [7, 11) is 1.26. The zero-order valence-corrected chi connectivity index (χ0v) is 8.90. The quantitative estimate of drug-likeness (QED) is 0.854. The van der Waals surface area contributed by atoms with Gasteiger partial charge >= 0.3 is 0 Å². The highest BCUT2D eigenvalue weighted by Crippen LogP contribution is 2.30. The average molecular weight is 268 g/mol. The molecule has 0 bridgehead atoms. The van der Waals surface area contributed by atoms with Gasteiger partial charge in [-0.3, -0.25) is 4.79 Å². The van der Waals surface area contributed by atoms with Gasteiger partial charge in [0.1, 0.15) is 5.75 Å². The summed E-state index contributed by atoms with van der Waals surface area (Å²) in [6, 6.07) is 0. The third-order valence-corrected chi connectivity index (χ3v) is 2.30. The second-order valence-electron chi connectivity index (χ2n) is 2.52. The Morgan fingerprint density at radius 1 is 1.64 bits per heavy atom. The van der Waals surface area contributed by atoms with Crippen LogP contribution in [0.15, 0.2) is 11.0 Å². The first-order valence-corrected chi connectivity index (χ1v) is 4.86. The van der Waals surface area contributed by atoms with Crippen molar-refractivity contribution in [1.82, 2.24) is 4.98 Å². The van der Waals surface area contributed by atoms with Gasteiger partial charge in [-0.05, 0) is 0 Å². The molecule has 0 amide bonds. The Hall–Kier alpha value is -0.910. The minimum Gasteiger partial charge on any atom is -0.496 e. The predicted octanol–water partition coefficient (Wildman–Crippen LogP) is 2.22. The van der Waals surface area contributed by atoms with E-state index in [9.17, 15) is 13.6 Å². The second kappa shape index (κ2) is 4.54. The monoisotopic (exact) mass is 267 g/mol. The highest BCUT2D eigenvalue weighted by molar-refractivity contribution is 9.08. The molecule has 1 N–H and O–H groups in total. The number of H-pyrrole nitrogens is 1. The molecule has 1 aromatic rings. The lowest BCUT2D eigenvalue weighted by atomic mass is 10.2. The van der Waals surface area contributed by atoms with Gasteiger partial charge in [-0.2, -0.15) is 0 Å². The van der Waals surface area contributed by atoms with E-state index in [2.05, 4.69) is 20.9 Å². The number of alkyl halides is 3. The van der Waals surface area contributed by atoms with Crippen LogP contribution in [0.4, 0.5) is 8.78 Å². The van der Waals surface area contributed by atoms with Crippen LogP contribution in [-0.2, 0) is 5.33 Å². The average Bonchev–Trinajstić information content (AvgIpc) is 2.16. The van der Waals surface area contributed by atoms with Gasteiger partial charge in [0, 0.05) is 11.5 Å². The first-order chi connectivity index (χ1) is 6.61. The van der Waals surface area contributed by atoms with Crippen LogP contribution in [0, 0.1) is 0 Å². The van der Waals surface area contributed by atoms with E-state index in [-0.39, 0.29) is 22.2 Å². The minimum atomic E-state index is -2.67. The Kier molecular flexibility index (Phi) is 3.62. The molecule has 6 heteroatoms. The summed E-state index contributed by atoms with van der Waals surface area (Å²) < 4.78 is 29.7. The van der Waals surface area contributed by atoms with Crippen molar-refractivity contribution in [3.63, 3.8) is 0 Å². The van der Waals surface area contributed by atoms with Crippen molar-refractivity contribution in [1.29, 1.82) is 0 Å². The Balaban J connectivity index is 3.40. The van der Waals surface area contributed by atoms with E-state index in [1.165, 1.54) is 7.11 Å². The third-order valence-electron chi connectivity index (χ3n) is 1.74. The fourth-order valence-electron chi connectivity index (χ4n) is 1.10. The molecule has 0 saturated heterocycles. The number of aromatic amines is 1. The number of halogens is 3. The van der Waals surface area contributed by atoms with Crippen LogP contribution >= 0.6 is 15.9 Å². The Morgan fingerprint density at radius 3 is 2.71 bits per heavy atom. The van der Waals surface area contributed by atoms with Crippen LogP contribution < -0.4 is 10.3 Å². The predicted molar refractivity (Wildman–Crippen MR) is 51.2 cm³/mol. The van der Waals surface area contributed by atoms with Crippen molar-refractivity contribution in [3.05, 3.63) is 27.7 Å². The number of methoxy groups -OCH3 is 1. The highest BCUT2D eigenvalue weighted by Gasteiger charge is 2.18. The summed E-state index contributed by atoms with van der Waals surface area (Å²) in [5.41, 5.74) is -0.560. The maximum Gasteiger partial charge on any atom is 0.268 e. The molecule has 78 valence electrons. The van der Waals surface area contributed by atoms with Gasteiger partial charge in [0.05, 0.1) is 18.2 Å². The van der Waals surface area contributed by atoms with Crippen molar-refractivity contribution >= 4 is 15.9 Å². The van der Waals surface area contributed by atoms with Crippen molar-refractivity contribution in [2.45, 2.75) is 11.8 Å². The van der Waals surface area contributed by atoms with E-state index in [1.807, 2.05) is 0 Å². The van der Waals surface area contributed by atoms with Crippen molar-refractivity contribution < 1.29 is 13.5 Å². The van der Waals surface area contributed by atoms with Crippen LogP contribution in [-0.4, -0.2) is 12.1 Å². The van der Waals surface area contributed by atoms with Crippen molar-refractivity contribution in [2.24, 2.45) is 0 Å². The molecule has 0 unspecified atom stereocenters. The van der Waals surface area contributed by atoms with Gasteiger partial charge in [0.15, 0.2) is 0 Å². The van der Waals surface area contributed by atoms with Crippen LogP contribution in [0.3, 0.4) is 0 Å². The van der Waals surface area contributed by atoms with Gasteiger partial charge in [0.25, 0.3) is 12.0 Å². The summed E-state index contributed by atoms with van der Waals surface area (Å²) in [6.45, 7) is 0. The van der Waals surface area contributed by atoms with E-state index >= 15 is 0 Å². The normalized spacial score (nSPS) is 10.6. The van der Waals surface area contributed by atoms with E-state index < -0.39 is 12.0 Å². The second-order valence-corrected chi connectivity index (χ2v) is 3.08.